The maximum absolute atomic E-state index is 5.70. The molecule has 3 N–H and O–H groups in total. The number of nitrogens with two attached hydrogens (primary N) is 1. The minimum atomic E-state index is 0.612. The Morgan fingerprint density at radius 1 is 1.15 bits per heavy atom. The Kier molecular flexibility index (Phi) is 9.17. The standard InChI is InChI=1S/C15H25IN2O2/c1-13-4-5-15(14(16)12-13)20-11-10-19-9-7-17-6-8-18(2)3/h4-5,12,17H,6-11H2,1-3H3/p+2. The number of hydrogen-bond acceptors (Lipinski definition) is 2. The van der Waals surface area contributed by atoms with Crippen molar-refractivity contribution >= 4 is 22.6 Å². The maximum Gasteiger partial charge on any atom is 0.132 e. The highest BCUT2D eigenvalue weighted by molar-refractivity contribution is 14.1. The summed E-state index contributed by atoms with van der Waals surface area (Å²) >= 11 is 2.30. The van der Waals surface area contributed by atoms with Crippen LogP contribution in [0.3, 0.4) is 0 Å². The van der Waals surface area contributed by atoms with Crippen molar-refractivity contribution in [1.29, 1.82) is 0 Å². The van der Waals surface area contributed by atoms with Gasteiger partial charge in [0.25, 0.3) is 0 Å². The highest BCUT2D eigenvalue weighted by Gasteiger charge is 2.01. The second-order valence-electron chi connectivity index (χ2n) is 5.22. The SMILES string of the molecule is Cc1ccc(OCCOCC[NH2+]CC[NH+](C)C)c(I)c1. The molecule has 0 amide bonds. The van der Waals surface area contributed by atoms with Crippen molar-refractivity contribution in [3.05, 3.63) is 27.3 Å². The average molecular weight is 394 g/mol. The lowest BCUT2D eigenvalue weighted by molar-refractivity contribution is -0.874. The molecule has 0 aliphatic heterocycles. The van der Waals surface area contributed by atoms with E-state index in [0.29, 0.717) is 13.2 Å². The summed E-state index contributed by atoms with van der Waals surface area (Å²) in [5.74, 6) is 0.945. The molecule has 1 aromatic carbocycles. The number of benzene rings is 1. The Labute approximate surface area is 136 Å². The van der Waals surface area contributed by atoms with Gasteiger partial charge < -0.3 is 19.7 Å². The van der Waals surface area contributed by atoms with E-state index in [0.717, 1.165) is 29.0 Å². The summed E-state index contributed by atoms with van der Waals surface area (Å²) in [6, 6.07) is 6.22. The van der Waals surface area contributed by atoms with Crippen LogP contribution in [-0.2, 0) is 4.74 Å². The third-order valence-electron chi connectivity index (χ3n) is 2.89. The van der Waals surface area contributed by atoms with Crippen molar-refractivity contribution in [3.63, 3.8) is 0 Å². The summed E-state index contributed by atoms with van der Waals surface area (Å²) in [5, 5.41) is 2.30. The summed E-state index contributed by atoms with van der Waals surface area (Å²) in [4.78, 5) is 1.49. The van der Waals surface area contributed by atoms with Crippen LogP contribution >= 0.6 is 22.6 Å². The van der Waals surface area contributed by atoms with Gasteiger partial charge in [-0.25, -0.2) is 0 Å². The van der Waals surface area contributed by atoms with Gasteiger partial charge in [-0.1, -0.05) is 6.07 Å². The fraction of sp³-hybridized carbons (Fsp3) is 0.600. The van der Waals surface area contributed by atoms with Gasteiger partial charge in [-0.2, -0.15) is 0 Å². The molecule has 0 fully saturated rings. The summed E-state index contributed by atoms with van der Waals surface area (Å²) in [5.41, 5.74) is 1.26. The number of ether oxygens (including phenoxy) is 2. The molecule has 1 rings (SSSR count). The second-order valence-corrected chi connectivity index (χ2v) is 6.38. The minimum Gasteiger partial charge on any atom is -0.490 e. The molecule has 0 heterocycles. The number of likely N-dealkylation sites (N-methyl/N-ethyl adjacent to an activating group) is 1. The van der Waals surface area contributed by atoms with E-state index in [-0.39, 0.29) is 0 Å². The Morgan fingerprint density at radius 3 is 2.65 bits per heavy atom. The van der Waals surface area contributed by atoms with E-state index >= 15 is 0 Å². The van der Waals surface area contributed by atoms with E-state index in [1.165, 1.54) is 17.0 Å². The molecule has 0 aliphatic rings. The lowest BCUT2D eigenvalue weighted by Gasteiger charge is -2.09. The first kappa shape index (κ1) is 17.7. The van der Waals surface area contributed by atoms with E-state index < -0.39 is 0 Å². The van der Waals surface area contributed by atoms with Crippen molar-refractivity contribution in [2.24, 2.45) is 0 Å². The normalized spacial score (nSPS) is 11.1. The lowest BCUT2D eigenvalue weighted by Crippen LogP contribution is -3.09. The van der Waals surface area contributed by atoms with Crippen LogP contribution in [0.15, 0.2) is 18.2 Å². The molecule has 0 spiro atoms. The lowest BCUT2D eigenvalue weighted by atomic mass is 10.2. The minimum absolute atomic E-state index is 0.612. The first-order valence-electron chi connectivity index (χ1n) is 7.17. The van der Waals surface area contributed by atoms with Gasteiger partial charge in [0, 0.05) is 0 Å². The molecule has 0 bridgehead atoms. The molecular formula is C15H27IN2O2+2. The van der Waals surface area contributed by atoms with Crippen molar-refractivity contribution < 1.29 is 19.7 Å². The van der Waals surface area contributed by atoms with Crippen LogP contribution in [0.5, 0.6) is 5.75 Å². The van der Waals surface area contributed by atoms with Gasteiger partial charge in [0.2, 0.25) is 0 Å². The zero-order valence-electron chi connectivity index (χ0n) is 12.7. The molecule has 20 heavy (non-hydrogen) atoms. The number of quaternary nitrogens is 2. The van der Waals surface area contributed by atoms with Crippen LogP contribution in [0.2, 0.25) is 0 Å². The fourth-order valence-corrected chi connectivity index (χ4v) is 2.56. The third kappa shape index (κ3) is 8.04. The monoisotopic (exact) mass is 394 g/mol. The average Bonchev–Trinajstić information content (AvgIpc) is 2.38. The molecule has 4 nitrogen and oxygen atoms in total. The number of nitrogens with one attached hydrogen (secondary N) is 1. The molecule has 5 heteroatoms. The van der Waals surface area contributed by atoms with Crippen molar-refractivity contribution in [2.75, 3.05) is 53.6 Å². The van der Waals surface area contributed by atoms with E-state index in [1.807, 2.05) is 6.07 Å². The summed E-state index contributed by atoms with van der Waals surface area (Å²) in [7, 11) is 4.35. The van der Waals surface area contributed by atoms with Crippen LogP contribution in [0.25, 0.3) is 0 Å². The quantitative estimate of drug-likeness (QED) is 0.423. The van der Waals surface area contributed by atoms with Gasteiger partial charge >= 0.3 is 0 Å². The predicted molar refractivity (Wildman–Crippen MR) is 89.5 cm³/mol. The van der Waals surface area contributed by atoms with Crippen LogP contribution < -0.4 is 15.0 Å². The van der Waals surface area contributed by atoms with Crippen LogP contribution in [-0.4, -0.2) is 53.6 Å². The molecule has 114 valence electrons. The summed E-state index contributed by atoms with van der Waals surface area (Å²) < 4.78 is 12.4. The van der Waals surface area contributed by atoms with Crippen LogP contribution in [0, 0.1) is 10.5 Å². The highest BCUT2D eigenvalue weighted by atomic mass is 127. The van der Waals surface area contributed by atoms with Crippen molar-refractivity contribution in [1.82, 2.24) is 0 Å². The van der Waals surface area contributed by atoms with Gasteiger partial charge in [-0.05, 0) is 47.2 Å². The number of halogens is 1. The topological polar surface area (TPSA) is 39.5 Å². The Morgan fingerprint density at radius 2 is 1.95 bits per heavy atom. The Bertz CT molecular complexity index is 386. The summed E-state index contributed by atoms with van der Waals surface area (Å²) in [6.07, 6.45) is 0. The van der Waals surface area contributed by atoms with Crippen molar-refractivity contribution in [2.45, 2.75) is 6.92 Å². The van der Waals surface area contributed by atoms with Crippen molar-refractivity contribution in [3.8, 4) is 5.75 Å². The first-order valence-corrected chi connectivity index (χ1v) is 8.25. The molecule has 1 aromatic rings. The number of rotatable bonds is 10. The zero-order chi connectivity index (χ0) is 14.8. The van der Waals surface area contributed by atoms with Gasteiger partial charge in [0.05, 0.1) is 37.4 Å². The molecule has 0 aliphatic carbocycles. The molecular weight excluding hydrogens is 367 g/mol. The maximum atomic E-state index is 5.70. The van der Waals surface area contributed by atoms with E-state index in [9.17, 15) is 0 Å². The second kappa shape index (κ2) is 10.4. The molecule has 0 saturated carbocycles. The van der Waals surface area contributed by atoms with Gasteiger partial charge in [0.15, 0.2) is 0 Å². The summed E-state index contributed by atoms with van der Waals surface area (Å²) in [6.45, 7) is 7.51. The third-order valence-corrected chi connectivity index (χ3v) is 3.73. The molecule has 0 aromatic heterocycles. The Hall–Kier alpha value is -0.370. The largest absolute Gasteiger partial charge is 0.490 e. The molecule has 0 saturated heterocycles. The van der Waals surface area contributed by atoms with Gasteiger partial charge in [-0.15, -0.1) is 0 Å². The molecule has 0 unspecified atom stereocenters. The van der Waals surface area contributed by atoms with Crippen LogP contribution in [0.4, 0.5) is 0 Å². The van der Waals surface area contributed by atoms with E-state index in [2.05, 4.69) is 61.1 Å². The zero-order valence-corrected chi connectivity index (χ0v) is 14.9. The molecule has 0 radical (unpaired) electrons. The highest BCUT2D eigenvalue weighted by Crippen LogP contribution is 2.21. The predicted octanol–water partition coefficient (Wildman–Crippen LogP) is -0.297. The van der Waals surface area contributed by atoms with Gasteiger partial charge in [-0.3, -0.25) is 0 Å². The smallest absolute Gasteiger partial charge is 0.132 e. The number of hydrogen-bond donors (Lipinski definition) is 2. The fourth-order valence-electron chi connectivity index (χ4n) is 1.74. The van der Waals surface area contributed by atoms with E-state index in [4.69, 9.17) is 9.47 Å². The molecule has 0 atom stereocenters. The van der Waals surface area contributed by atoms with Gasteiger partial charge in [0.1, 0.15) is 25.4 Å². The van der Waals surface area contributed by atoms with E-state index in [1.54, 1.807) is 0 Å². The first-order chi connectivity index (χ1) is 9.59. The number of aryl methyl sites for hydroxylation is 1. The van der Waals surface area contributed by atoms with Crippen LogP contribution in [0.1, 0.15) is 5.56 Å². The Balaban J connectivity index is 1.99.